The Labute approximate surface area is 84.1 Å². The Kier molecular flexibility index (Phi) is 2.15. The Morgan fingerprint density at radius 2 is 2.21 bits per heavy atom. The Balaban J connectivity index is 2.35. The van der Waals surface area contributed by atoms with Crippen molar-refractivity contribution in [2.24, 2.45) is 5.92 Å². The van der Waals surface area contributed by atoms with Crippen LogP contribution in [0.2, 0.25) is 0 Å². The first-order valence-electron chi connectivity index (χ1n) is 4.65. The molecule has 14 heavy (non-hydrogen) atoms. The van der Waals surface area contributed by atoms with Crippen LogP contribution in [0.3, 0.4) is 0 Å². The van der Waals surface area contributed by atoms with Gasteiger partial charge >= 0.3 is 0 Å². The molecule has 0 fully saturated rings. The highest BCUT2D eigenvalue weighted by molar-refractivity contribution is 5.40. The van der Waals surface area contributed by atoms with Crippen molar-refractivity contribution in [2.75, 3.05) is 0 Å². The van der Waals surface area contributed by atoms with E-state index >= 15 is 0 Å². The van der Waals surface area contributed by atoms with Crippen molar-refractivity contribution < 1.29 is 5.11 Å². The van der Waals surface area contributed by atoms with Gasteiger partial charge in [0.2, 0.25) is 0 Å². The van der Waals surface area contributed by atoms with Crippen LogP contribution in [-0.4, -0.2) is 5.11 Å². The number of hydrogen-bond acceptors (Lipinski definition) is 1. The quantitative estimate of drug-likeness (QED) is 0.662. The van der Waals surface area contributed by atoms with Crippen molar-refractivity contribution in [2.45, 2.75) is 12.5 Å². The third-order valence-electron chi connectivity index (χ3n) is 2.83. The van der Waals surface area contributed by atoms with Crippen LogP contribution >= 0.6 is 0 Å². The molecule has 1 heteroatoms. The van der Waals surface area contributed by atoms with Gasteiger partial charge in [0, 0.05) is 11.5 Å². The molecule has 0 aliphatic heterocycles. The molecule has 1 aromatic rings. The van der Waals surface area contributed by atoms with Gasteiger partial charge in [0.05, 0.1) is 6.10 Å². The van der Waals surface area contributed by atoms with Gasteiger partial charge in [0.1, 0.15) is 0 Å². The standard InChI is InChI=1S/C13H12O/c1-3-9(2)12-8-10-6-4-5-7-11(10)13(12)14/h1,4-7,12-14H,2,8H2/t12-,13-/m1/s1. The summed E-state index contributed by atoms with van der Waals surface area (Å²) < 4.78 is 0. The largest absolute Gasteiger partial charge is 0.388 e. The normalized spacial score (nSPS) is 24.0. The van der Waals surface area contributed by atoms with Gasteiger partial charge in [-0.25, -0.2) is 0 Å². The highest BCUT2D eigenvalue weighted by atomic mass is 16.3. The molecular weight excluding hydrogens is 172 g/mol. The number of rotatable bonds is 1. The van der Waals surface area contributed by atoms with Crippen molar-refractivity contribution in [3.63, 3.8) is 0 Å². The van der Waals surface area contributed by atoms with Crippen LogP contribution in [0.5, 0.6) is 0 Å². The zero-order chi connectivity index (χ0) is 10.1. The predicted octanol–water partition coefficient (Wildman–Crippen LogP) is 2.08. The summed E-state index contributed by atoms with van der Waals surface area (Å²) in [5, 5.41) is 9.99. The highest BCUT2D eigenvalue weighted by Gasteiger charge is 2.31. The maximum atomic E-state index is 9.99. The SMILES string of the molecule is C#CC(=C)[C@H]1Cc2ccccc2[C@H]1O. The Bertz CT molecular complexity index is 411. The van der Waals surface area contributed by atoms with Crippen molar-refractivity contribution >= 4 is 0 Å². The molecule has 70 valence electrons. The molecule has 1 aromatic carbocycles. The van der Waals surface area contributed by atoms with E-state index < -0.39 is 6.10 Å². The second-order valence-corrected chi connectivity index (χ2v) is 3.62. The summed E-state index contributed by atoms with van der Waals surface area (Å²) in [4.78, 5) is 0. The van der Waals surface area contributed by atoms with Gasteiger partial charge in [-0.15, -0.1) is 6.42 Å². The number of hydrogen-bond donors (Lipinski definition) is 1. The molecule has 0 saturated heterocycles. The lowest BCUT2D eigenvalue weighted by atomic mass is 9.96. The van der Waals surface area contributed by atoms with Crippen LogP contribution in [0.1, 0.15) is 17.2 Å². The fourth-order valence-corrected chi connectivity index (χ4v) is 1.99. The van der Waals surface area contributed by atoms with Crippen LogP contribution in [-0.2, 0) is 6.42 Å². The zero-order valence-corrected chi connectivity index (χ0v) is 7.90. The first-order valence-corrected chi connectivity index (χ1v) is 4.65. The zero-order valence-electron chi connectivity index (χ0n) is 7.90. The van der Waals surface area contributed by atoms with Crippen LogP contribution in [0, 0.1) is 18.3 Å². The van der Waals surface area contributed by atoms with E-state index in [0.717, 1.165) is 12.0 Å². The molecule has 0 radical (unpaired) electrons. The fraction of sp³-hybridized carbons (Fsp3) is 0.231. The topological polar surface area (TPSA) is 20.2 Å². The lowest BCUT2D eigenvalue weighted by Gasteiger charge is -2.13. The molecule has 0 saturated carbocycles. The van der Waals surface area contributed by atoms with Gasteiger partial charge in [0.15, 0.2) is 0 Å². The van der Waals surface area contributed by atoms with E-state index in [4.69, 9.17) is 6.42 Å². The molecule has 0 spiro atoms. The Morgan fingerprint density at radius 1 is 1.50 bits per heavy atom. The molecule has 1 aliphatic carbocycles. The number of aliphatic hydroxyl groups is 1. The molecule has 0 unspecified atom stereocenters. The second kappa shape index (κ2) is 3.32. The molecule has 0 aromatic heterocycles. The summed E-state index contributed by atoms with van der Waals surface area (Å²) in [6, 6.07) is 7.89. The van der Waals surface area contributed by atoms with E-state index in [9.17, 15) is 5.11 Å². The first kappa shape index (κ1) is 9.05. The third-order valence-corrected chi connectivity index (χ3v) is 2.83. The summed E-state index contributed by atoms with van der Waals surface area (Å²) in [6.07, 6.45) is 5.62. The average Bonchev–Trinajstić information content (AvgIpc) is 2.56. The van der Waals surface area contributed by atoms with E-state index in [1.165, 1.54) is 5.56 Å². The monoisotopic (exact) mass is 184 g/mol. The third kappa shape index (κ3) is 1.25. The van der Waals surface area contributed by atoms with E-state index in [1.54, 1.807) is 0 Å². The summed E-state index contributed by atoms with van der Waals surface area (Å²) in [7, 11) is 0. The molecule has 1 nitrogen and oxygen atoms in total. The molecule has 0 heterocycles. The molecule has 0 bridgehead atoms. The Hall–Kier alpha value is -1.52. The van der Waals surface area contributed by atoms with Crippen molar-refractivity contribution in [1.82, 2.24) is 0 Å². The lowest BCUT2D eigenvalue weighted by molar-refractivity contribution is 0.143. The fourth-order valence-electron chi connectivity index (χ4n) is 1.99. The van der Waals surface area contributed by atoms with Gasteiger partial charge in [-0.3, -0.25) is 0 Å². The molecule has 2 atom stereocenters. The maximum Gasteiger partial charge on any atom is 0.0870 e. The number of fused-ring (bicyclic) bond motifs is 1. The molecule has 2 rings (SSSR count). The van der Waals surface area contributed by atoms with E-state index in [-0.39, 0.29) is 5.92 Å². The van der Waals surface area contributed by atoms with E-state index in [1.807, 2.05) is 24.3 Å². The van der Waals surface area contributed by atoms with Gasteiger partial charge in [-0.05, 0) is 17.5 Å². The average molecular weight is 184 g/mol. The summed E-state index contributed by atoms with van der Waals surface area (Å²) in [6.45, 7) is 3.79. The van der Waals surface area contributed by atoms with Crippen LogP contribution < -0.4 is 0 Å². The predicted molar refractivity (Wildman–Crippen MR) is 56.6 cm³/mol. The smallest absolute Gasteiger partial charge is 0.0870 e. The molecule has 1 aliphatic rings. The van der Waals surface area contributed by atoms with Gasteiger partial charge in [0.25, 0.3) is 0 Å². The van der Waals surface area contributed by atoms with Crippen LogP contribution in [0.4, 0.5) is 0 Å². The van der Waals surface area contributed by atoms with Crippen LogP contribution in [0.25, 0.3) is 0 Å². The summed E-state index contributed by atoms with van der Waals surface area (Å²) in [5.41, 5.74) is 2.86. The van der Waals surface area contributed by atoms with E-state index in [0.29, 0.717) is 5.57 Å². The van der Waals surface area contributed by atoms with Gasteiger partial charge in [-0.1, -0.05) is 36.8 Å². The lowest BCUT2D eigenvalue weighted by Crippen LogP contribution is -2.08. The van der Waals surface area contributed by atoms with Crippen LogP contribution in [0.15, 0.2) is 36.4 Å². The van der Waals surface area contributed by atoms with E-state index in [2.05, 4.69) is 12.5 Å². The van der Waals surface area contributed by atoms with Crippen molar-refractivity contribution in [1.29, 1.82) is 0 Å². The minimum atomic E-state index is -0.477. The Morgan fingerprint density at radius 3 is 2.86 bits per heavy atom. The summed E-state index contributed by atoms with van der Waals surface area (Å²) >= 11 is 0. The van der Waals surface area contributed by atoms with Crippen molar-refractivity contribution in [3.8, 4) is 12.3 Å². The molecular formula is C13H12O. The second-order valence-electron chi connectivity index (χ2n) is 3.62. The number of benzene rings is 1. The molecule has 1 N–H and O–H groups in total. The highest BCUT2D eigenvalue weighted by Crippen LogP contribution is 2.38. The molecule has 0 amide bonds. The number of terminal acetylenes is 1. The number of aliphatic hydroxyl groups excluding tert-OH is 1. The minimum Gasteiger partial charge on any atom is -0.388 e. The summed E-state index contributed by atoms with van der Waals surface area (Å²) in [5.74, 6) is 2.52. The minimum absolute atomic E-state index is 0.00241. The first-order chi connectivity index (χ1) is 6.74. The van der Waals surface area contributed by atoms with Gasteiger partial charge < -0.3 is 5.11 Å². The maximum absolute atomic E-state index is 9.99. The van der Waals surface area contributed by atoms with Gasteiger partial charge in [-0.2, -0.15) is 0 Å². The van der Waals surface area contributed by atoms with Crippen molar-refractivity contribution in [3.05, 3.63) is 47.5 Å².